The zero-order valence-corrected chi connectivity index (χ0v) is 12.1. The fourth-order valence-corrected chi connectivity index (χ4v) is 3.10. The molecule has 0 aromatic heterocycles. The fourth-order valence-electron chi connectivity index (χ4n) is 3.10. The lowest BCUT2D eigenvalue weighted by atomic mass is 10.0. The van der Waals surface area contributed by atoms with Crippen LogP contribution in [-0.2, 0) is 27.4 Å². The molecule has 4 heteroatoms. The van der Waals surface area contributed by atoms with Crippen LogP contribution in [0, 0.1) is 0 Å². The van der Waals surface area contributed by atoms with Gasteiger partial charge in [0.2, 0.25) is 0 Å². The fraction of sp³-hybridized carbons (Fsp3) is 0.625. The summed E-state index contributed by atoms with van der Waals surface area (Å²) in [5, 5.41) is 0. The average Bonchev–Trinajstić information content (AvgIpc) is 2.89. The van der Waals surface area contributed by atoms with E-state index in [1.165, 1.54) is 11.1 Å². The molecule has 2 fully saturated rings. The Bertz CT molecular complexity index is 426. The zero-order chi connectivity index (χ0) is 13.8. The van der Waals surface area contributed by atoms with E-state index in [4.69, 9.17) is 14.2 Å². The monoisotopic (exact) mass is 277 g/mol. The lowest BCUT2D eigenvalue weighted by molar-refractivity contribution is -0.190. The molecule has 2 aliphatic rings. The lowest BCUT2D eigenvalue weighted by Gasteiger charge is -2.38. The zero-order valence-electron chi connectivity index (χ0n) is 12.1. The van der Waals surface area contributed by atoms with Crippen LogP contribution in [0.1, 0.15) is 24.0 Å². The summed E-state index contributed by atoms with van der Waals surface area (Å²) in [6.45, 7) is 5.11. The highest BCUT2D eigenvalue weighted by Crippen LogP contribution is 2.30. The van der Waals surface area contributed by atoms with Gasteiger partial charge in [-0.25, -0.2) is 0 Å². The van der Waals surface area contributed by atoms with Crippen LogP contribution in [0.5, 0.6) is 0 Å². The topological polar surface area (TPSA) is 30.9 Å². The van der Waals surface area contributed by atoms with E-state index in [-0.39, 0.29) is 5.79 Å². The number of piperidine rings is 1. The third-order valence-corrected chi connectivity index (χ3v) is 4.05. The van der Waals surface area contributed by atoms with Crippen LogP contribution in [0.3, 0.4) is 0 Å². The van der Waals surface area contributed by atoms with Gasteiger partial charge in [0, 0.05) is 20.1 Å². The van der Waals surface area contributed by atoms with Gasteiger partial charge in [0.15, 0.2) is 5.79 Å². The highest BCUT2D eigenvalue weighted by atomic mass is 16.7. The summed E-state index contributed by atoms with van der Waals surface area (Å²) in [4.78, 5) is 2.43. The van der Waals surface area contributed by atoms with Crippen molar-refractivity contribution in [2.24, 2.45) is 0 Å². The van der Waals surface area contributed by atoms with E-state index in [0.717, 1.165) is 45.7 Å². The molecule has 2 saturated heterocycles. The van der Waals surface area contributed by atoms with Crippen molar-refractivity contribution < 1.29 is 14.2 Å². The minimum atomic E-state index is -0.325. The van der Waals surface area contributed by atoms with Crippen molar-refractivity contribution in [2.45, 2.75) is 31.8 Å². The normalized spacial score (nSPS) is 22.4. The Morgan fingerprint density at radius 1 is 1.15 bits per heavy atom. The Kier molecular flexibility index (Phi) is 4.36. The number of nitrogens with zero attached hydrogens (tertiary/aromatic N) is 1. The molecular weight excluding hydrogens is 254 g/mol. The number of hydrogen-bond donors (Lipinski definition) is 0. The quantitative estimate of drug-likeness (QED) is 0.844. The first-order valence-corrected chi connectivity index (χ1v) is 7.37. The summed E-state index contributed by atoms with van der Waals surface area (Å²) in [6, 6.07) is 8.65. The molecular formula is C16H23NO3. The number of hydrogen-bond acceptors (Lipinski definition) is 4. The van der Waals surface area contributed by atoms with Gasteiger partial charge in [-0.15, -0.1) is 0 Å². The Labute approximate surface area is 120 Å². The number of benzene rings is 1. The van der Waals surface area contributed by atoms with Crippen molar-refractivity contribution in [1.82, 2.24) is 4.90 Å². The standard InChI is InChI=1S/C16H23NO3/c1-18-12-15-5-3-14(4-6-15)11-17-8-2-7-16(13-17)19-9-10-20-16/h3-6H,2,7-13H2,1H3. The van der Waals surface area contributed by atoms with E-state index in [0.29, 0.717) is 6.61 Å². The van der Waals surface area contributed by atoms with Crippen molar-refractivity contribution in [1.29, 1.82) is 0 Å². The second-order valence-corrected chi connectivity index (χ2v) is 5.67. The van der Waals surface area contributed by atoms with E-state index in [1.807, 2.05) is 0 Å². The molecule has 0 N–H and O–H groups in total. The molecule has 1 aromatic rings. The Morgan fingerprint density at radius 2 is 1.85 bits per heavy atom. The summed E-state index contributed by atoms with van der Waals surface area (Å²) in [6.07, 6.45) is 2.16. The summed E-state index contributed by atoms with van der Waals surface area (Å²) in [7, 11) is 1.72. The van der Waals surface area contributed by atoms with Crippen LogP contribution in [0.4, 0.5) is 0 Å². The molecule has 0 unspecified atom stereocenters. The van der Waals surface area contributed by atoms with Crippen LogP contribution >= 0.6 is 0 Å². The summed E-state index contributed by atoms with van der Waals surface area (Å²) in [5.74, 6) is -0.325. The molecule has 4 nitrogen and oxygen atoms in total. The highest BCUT2D eigenvalue weighted by Gasteiger charge is 2.40. The van der Waals surface area contributed by atoms with Crippen LogP contribution in [-0.4, -0.2) is 44.1 Å². The predicted molar refractivity (Wildman–Crippen MR) is 76.3 cm³/mol. The van der Waals surface area contributed by atoms with E-state index >= 15 is 0 Å². The Hall–Kier alpha value is -0.940. The van der Waals surface area contributed by atoms with Crippen molar-refractivity contribution >= 4 is 0 Å². The highest BCUT2D eigenvalue weighted by molar-refractivity contribution is 5.22. The molecule has 0 saturated carbocycles. The van der Waals surface area contributed by atoms with Gasteiger partial charge in [0.1, 0.15) is 0 Å². The molecule has 0 amide bonds. The molecule has 0 radical (unpaired) electrons. The van der Waals surface area contributed by atoms with Gasteiger partial charge in [0.25, 0.3) is 0 Å². The molecule has 3 rings (SSSR count). The van der Waals surface area contributed by atoms with Gasteiger partial charge >= 0.3 is 0 Å². The maximum Gasteiger partial charge on any atom is 0.181 e. The summed E-state index contributed by atoms with van der Waals surface area (Å²) in [5.41, 5.74) is 2.55. The smallest absolute Gasteiger partial charge is 0.181 e. The maximum atomic E-state index is 5.82. The number of ether oxygens (including phenoxy) is 3. The SMILES string of the molecule is COCc1ccc(CN2CCCC3(C2)OCCO3)cc1. The van der Waals surface area contributed by atoms with E-state index in [2.05, 4.69) is 29.2 Å². The van der Waals surface area contributed by atoms with Crippen LogP contribution in [0.2, 0.25) is 0 Å². The number of rotatable bonds is 4. The van der Waals surface area contributed by atoms with Crippen LogP contribution in [0.25, 0.3) is 0 Å². The molecule has 110 valence electrons. The average molecular weight is 277 g/mol. The molecule has 1 aromatic carbocycles. The number of methoxy groups -OCH3 is 1. The van der Waals surface area contributed by atoms with E-state index in [9.17, 15) is 0 Å². The van der Waals surface area contributed by atoms with Gasteiger partial charge in [-0.1, -0.05) is 24.3 Å². The number of likely N-dealkylation sites (tertiary alicyclic amines) is 1. The van der Waals surface area contributed by atoms with Gasteiger partial charge < -0.3 is 14.2 Å². The summed E-state index contributed by atoms with van der Waals surface area (Å²) >= 11 is 0. The minimum Gasteiger partial charge on any atom is -0.380 e. The van der Waals surface area contributed by atoms with Gasteiger partial charge in [-0.3, -0.25) is 4.90 Å². The first-order chi connectivity index (χ1) is 9.80. The Balaban J connectivity index is 1.59. The van der Waals surface area contributed by atoms with Crippen molar-refractivity contribution in [2.75, 3.05) is 33.4 Å². The molecule has 20 heavy (non-hydrogen) atoms. The van der Waals surface area contributed by atoms with Gasteiger partial charge in [0.05, 0.1) is 26.4 Å². The van der Waals surface area contributed by atoms with Crippen molar-refractivity contribution in [3.8, 4) is 0 Å². The summed E-state index contributed by atoms with van der Waals surface area (Å²) < 4.78 is 16.8. The molecule has 2 heterocycles. The molecule has 0 bridgehead atoms. The van der Waals surface area contributed by atoms with Crippen LogP contribution in [0.15, 0.2) is 24.3 Å². The molecule has 1 spiro atoms. The Morgan fingerprint density at radius 3 is 2.55 bits per heavy atom. The first kappa shape index (κ1) is 14.0. The third kappa shape index (κ3) is 3.20. The largest absolute Gasteiger partial charge is 0.380 e. The minimum absolute atomic E-state index is 0.325. The predicted octanol–water partition coefficient (Wildman–Crippen LogP) is 2.17. The van der Waals surface area contributed by atoms with Crippen molar-refractivity contribution in [3.63, 3.8) is 0 Å². The van der Waals surface area contributed by atoms with E-state index in [1.54, 1.807) is 7.11 Å². The maximum absolute atomic E-state index is 5.82. The van der Waals surface area contributed by atoms with E-state index < -0.39 is 0 Å². The first-order valence-electron chi connectivity index (χ1n) is 7.37. The second kappa shape index (κ2) is 6.22. The third-order valence-electron chi connectivity index (χ3n) is 4.05. The van der Waals surface area contributed by atoms with Crippen LogP contribution < -0.4 is 0 Å². The molecule has 0 aliphatic carbocycles. The second-order valence-electron chi connectivity index (χ2n) is 5.67. The van der Waals surface area contributed by atoms with Gasteiger partial charge in [-0.05, 0) is 24.1 Å². The lowest BCUT2D eigenvalue weighted by Crippen LogP contribution is -2.48. The van der Waals surface area contributed by atoms with Gasteiger partial charge in [-0.2, -0.15) is 0 Å². The molecule has 0 atom stereocenters. The van der Waals surface area contributed by atoms with Crippen molar-refractivity contribution in [3.05, 3.63) is 35.4 Å². The molecule has 2 aliphatic heterocycles.